The zero-order valence-corrected chi connectivity index (χ0v) is 12.9. The van der Waals surface area contributed by atoms with Gasteiger partial charge >= 0.3 is 0 Å². The first-order chi connectivity index (χ1) is 10.3. The Bertz CT molecular complexity index is 566. The molecular weight excluding hydrogens is 266 g/mol. The summed E-state index contributed by atoms with van der Waals surface area (Å²) in [6, 6.07) is 5.98. The molecule has 1 heterocycles. The van der Waals surface area contributed by atoms with Gasteiger partial charge in [-0.05, 0) is 30.7 Å². The minimum absolute atomic E-state index is 0.747. The number of benzene rings is 1. The molecule has 0 amide bonds. The summed E-state index contributed by atoms with van der Waals surface area (Å²) in [6.07, 6.45) is 4.90. The van der Waals surface area contributed by atoms with Crippen LogP contribution < -0.4 is 14.8 Å². The quantitative estimate of drug-likeness (QED) is 0.758. The third-order valence-corrected chi connectivity index (χ3v) is 3.33. The first kappa shape index (κ1) is 15.4. The Balaban J connectivity index is 2.09. The van der Waals surface area contributed by atoms with Crippen LogP contribution in [0.25, 0.3) is 0 Å². The van der Waals surface area contributed by atoms with Crippen molar-refractivity contribution in [2.75, 3.05) is 20.8 Å². The fraction of sp³-hybridized carbons (Fsp3) is 0.438. The van der Waals surface area contributed by atoms with Gasteiger partial charge in [0.15, 0.2) is 11.5 Å². The fourth-order valence-corrected chi connectivity index (χ4v) is 2.21. The number of nitrogens with zero attached hydrogens (tertiary/aromatic N) is 2. The lowest BCUT2D eigenvalue weighted by Crippen LogP contribution is -2.17. The highest BCUT2D eigenvalue weighted by Gasteiger charge is 2.07. The second-order valence-corrected chi connectivity index (χ2v) is 4.88. The molecule has 2 rings (SSSR count). The molecule has 1 aromatic carbocycles. The van der Waals surface area contributed by atoms with Gasteiger partial charge in [-0.2, -0.15) is 0 Å². The van der Waals surface area contributed by atoms with Crippen LogP contribution in [0.2, 0.25) is 0 Å². The second kappa shape index (κ2) is 7.69. The number of methoxy groups -OCH3 is 2. The summed E-state index contributed by atoms with van der Waals surface area (Å²) < 4.78 is 12.7. The van der Waals surface area contributed by atoms with E-state index in [0.29, 0.717) is 0 Å². The van der Waals surface area contributed by atoms with Crippen LogP contribution in [0.5, 0.6) is 11.5 Å². The highest BCUT2D eigenvalue weighted by Crippen LogP contribution is 2.27. The molecule has 0 saturated heterocycles. The van der Waals surface area contributed by atoms with E-state index in [1.165, 1.54) is 5.69 Å². The molecule has 1 N–H and O–H groups in total. The highest BCUT2D eigenvalue weighted by molar-refractivity contribution is 5.43. The summed E-state index contributed by atoms with van der Waals surface area (Å²) >= 11 is 0. The summed E-state index contributed by atoms with van der Waals surface area (Å²) in [5.41, 5.74) is 2.33. The zero-order chi connectivity index (χ0) is 15.1. The van der Waals surface area contributed by atoms with E-state index in [1.54, 1.807) is 14.2 Å². The Kier molecular flexibility index (Phi) is 5.63. The number of ether oxygens (including phenoxy) is 2. The molecule has 0 aliphatic rings. The molecule has 0 aliphatic heterocycles. The van der Waals surface area contributed by atoms with Crippen LogP contribution in [0.3, 0.4) is 0 Å². The van der Waals surface area contributed by atoms with E-state index < -0.39 is 0 Å². The molecule has 0 unspecified atom stereocenters. The maximum atomic E-state index is 5.34. The van der Waals surface area contributed by atoms with Gasteiger partial charge in [0.2, 0.25) is 0 Å². The van der Waals surface area contributed by atoms with Crippen molar-refractivity contribution in [3.05, 3.63) is 42.0 Å². The third kappa shape index (κ3) is 3.98. The van der Waals surface area contributed by atoms with Gasteiger partial charge in [-0.25, -0.2) is 4.98 Å². The molecule has 5 nitrogen and oxygen atoms in total. The van der Waals surface area contributed by atoms with Gasteiger partial charge in [0.1, 0.15) is 0 Å². The number of hydrogen-bond acceptors (Lipinski definition) is 4. The first-order valence-corrected chi connectivity index (χ1v) is 7.19. The van der Waals surface area contributed by atoms with Gasteiger partial charge < -0.3 is 19.4 Å². The minimum Gasteiger partial charge on any atom is -0.493 e. The summed E-state index contributed by atoms with van der Waals surface area (Å²) in [7, 11) is 3.30. The lowest BCUT2D eigenvalue weighted by atomic mass is 10.2. The van der Waals surface area contributed by atoms with Gasteiger partial charge in [0.05, 0.1) is 26.2 Å². The Morgan fingerprint density at radius 3 is 2.71 bits per heavy atom. The molecule has 1 aromatic heterocycles. The van der Waals surface area contributed by atoms with Crippen molar-refractivity contribution in [3.63, 3.8) is 0 Å². The zero-order valence-electron chi connectivity index (χ0n) is 12.9. The maximum Gasteiger partial charge on any atom is 0.161 e. The van der Waals surface area contributed by atoms with Crippen LogP contribution in [0.1, 0.15) is 24.6 Å². The van der Waals surface area contributed by atoms with Crippen molar-refractivity contribution in [1.82, 2.24) is 14.9 Å². The number of rotatable bonds is 8. The number of aromatic nitrogens is 2. The van der Waals surface area contributed by atoms with E-state index in [0.717, 1.165) is 43.1 Å². The minimum atomic E-state index is 0.747. The van der Waals surface area contributed by atoms with E-state index in [1.807, 2.05) is 30.7 Å². The topological polar surface area (TPSA) is 48.3 Å². The fourth-order valence-electron chi connectivity index (χ4n) is 2.21. The molecule has 5 heteroatoms. The monoisotopic (exact) mass is 289 g/mol. The Morgan fingerprint density at radius 1 is 1.19 bits per heavy atom. The molecule has 0 bridgehead atoms. The van der Waals surface area contributed by atoms with Crippen LogP contribution in [0, 0.1) is 0 Å². The molecule has 114 valence electrons. The largest absolute Gasteiger partial charge is 0.493 e. The normalized spacial score (nSPS) is 10.6. The smallest absolute Gasteiger partial charge is 0.161 e. The highest BCUT2D eigenvalue weighted by atomic mass is 16.5. The molecule has 2 aromatic rings. The number of nitrogens with one attached hydrogen (secondary N) is 1. The molecule has 0 radical (unpaired) electrons. The average Bonchev–Trinajstić information content (AvgIpc) is 2.94. The Hall–Kier alpha value is -2.01. The van der Waals surface area contributed by atoms with Crippen LogP contribution in [0.4, 0.5) is 0 Å². The lowest BCUT2D eigenvalue weighted by Gasteiger charge is -2.12. The van der Waals surface area contributed by atoms with E-state index >= 15 is 0 Å². The molecule has 0 aliphatic carbocycles. The van der Waals surface area contributed by atoms with Crippen molar-refractivity contribution in [1.29, 1.82) is 0 Å². The molecular formula is C16H23N3O2. The summed E-state index contributed by atoms with van der Waals surface area (Å²) in [4.78, 5) is 4.24. The SMILES string of the molecule is CCCNCc1cncn1Cc1ccc(OC)c(OC)c1. The lowest BCUT2D eigenvalue weighted by molar-refractivity contribution is 0.354. The van der Waals surface area contributed by atoms with Crippen molar-refractivity contribution < 1.29 is 9.47 Å². The van der Waals surface area contributed by atoms with Gasteiger partial charge in [-0.1, -0.05) is 13.0 Å². The van der Waals surface area contributed by atoms with E-state index in [4.69, 9.17) is 9.47 Å². The van der Waals surface area contributed by atoms with Crippen molar-refractivity contribution in [2.24, 2.45) is 0 Å². The molecule has 0 saturated carbocycles. The average molecular weight is 289 g/mol. The van der Waals surface area contributed by atoms with Crippen LogP contribution in [-0.2, 0) is 13.1 Å². The standard InChI is InChI=1S/C16H23N3O2/c1-4-7-17-9-14-10-18-12-19(14)11-13-5-6-15(20-2)16(8-13)21-3/h5-6,8,10,12,17H,4,7,9,11H2,1-3H3. The molecule has 0 fully saturated rings. The summed E-state index contributed by atoms with van der Waals surface area (Å²) in [5.74, 6) is 1.50. The van der Waals surface area contributed by atoms with Gasteiger partial charge in [0, 0.05) is 19.3 Å². The number of imidazole rings is 1. The van der Waals surface area contributed by atoms with E-state index in [9.17, 15) is 0 Å². The first-order valence-electron chi connectivity index (χ1n) is 7.19. The Morgan fingerprint density at radius 2 is 2.00 bits per heavy atom. The van der Waals surface area contributed by atoms with Crippen LogP contribution in [-0.4, -0.2) is 30.3 Å². The van der Waals surface area contributed by atoms with Crippen LogP contribution in [0.15, 0.2) is 30.7 Å². The van der Waals surface area contributed by atoms with Crippen molar-refractivity contribution >= 4 is 0 Å². The van der Waals surface area contributed by atoms with Gasteiger partial charge in [-0.3, -0.25) is 0 Å². The predicted molar refractivity (Wildman–Crippen MR) is 82.9 cm³/mol. The Labute approximate surface area is 125 Å². The summed E-state index contributed by atoms with van der Waals surface area (Å²) in [5, 5.41) is 3.40. The summed E-state index contributed by atoms with van der Waals surface area (Å²) in [6.45, 7) is 4.78. The van der Waals surface area contributed by atoms with E-state index in [-0.39, 0.29) is 0 Å². The van der Waals surface area contributed by atoms with Crippen LogP contribution >= 0.6 is 0 Å². The third-order valence-electron chi connectivity index (χ3n) is 3.33. The molecule has 0 spiro atoms. The van der Waals surface area contributed by atoms with Crippen molar-refractivity contribution in [3.8, 4) is 11.5 Å². The maximum absolute atomic E-state index is 5.34. The second-order valence-electron chi connectivity index (χ2n) is 4.88. The molecule has 0 atom stereocenters. The number of hydrogen-bond donors (Lipinski definition) is 1. The van der Waals surface area contributed by atoms with Gasteiger partial charge in [0.25, 0.3) is 0 Å². The molecule has 21 heavy (non-hydrogen) atoms. The van der Waals surface area contributed by atoms with Crippen molar-refractivity contribution in [2.45, 2.75) is 26.4 Å². The van der Waals surface area contributed by atoms with Gasteiger partial charge in [-0.15, -0.1) is 0 Å². The predicted octanol–water partition coefficient (Wildman–Crippen LogP) is 2.45. The van der Waals surface area contributed by atoms with E-state index in [2.05, 4.69) is 21.8 Å².